The van der Waals surface area contributed by atoms with E-state index >= 15 is 0 Å². The van der Waals surface area contributed by atoms with Crippen molar-refractivity contribution in [3.8, 4) is 0 Å². The number of hydrogen-bond donors (Lipinski definition) is 1. The minimum atomic E-state index is -0.581. The van der Waals surface area contributed by atoms with Gasteiger partial charge in [-0.2, -0.15) is 10.2 Å². The summed E-state index contributed by atoms with van der Waals surface area (Å²) in [5, 5.41) is 8.85. The molecule has 27 heavy (non-hydrogen) atoms. The predicted molar refractivity (Wildman–Crippen MR) is 105 cm³/mol. The molecule has 0 atom stereocenters. The highest BCUT2D eigenvalue weighted by Crippen LogP contribution is 2.15. The molecule has 3 rings (SSSR count). The van der Waals surface area contributed by atoms with Gasteiger partial charge in [-0.05, 0) is 30.7 Å². The van der Waals surface area contributed by atoms with Crippen LogP contribution < -0.4 is 11.0 Å². The van der Waals surface area contributed by atoms with Crippen molar-refractivity contribution in [2.75, 3.05) is 0 Å². The van der Waals surface area contributed by atoms with E-state index < -0.39 is 11.7 Å². The van der Waals surface area contributed by atoms with Gasteiger partial charge in [0, 0.05) is 22.0 Å². The van der Waals surface area contributed by atoms with Gasteiger partial charge in [-0.15, -0.1) is 0 Å². The summed E-state index contributed by atoms with van der Waals surface area (Å²) in [6.07, 6.45) is 1.91. The van der Waals surface area contributed by atoms with Gasteiger partial charge in [-0.25, -0.2) is 14.5 Å². The van der Waals surface area contributed by atoms with Crippen LogP contribution >= 0.6 is 15.9 Å². The number of amides is 1. The summed E-state index contributed by atoms with van der Waals surface area (Å²) in [4.78, 5) is 25.0. The number of carbonyl (C=O) groups is 1. The number of rotatable bonds is 5. The summed E-state index contributed by atoms with van der Waals surface area (Å²) < 4.78 is 15.7. The topological polar surface area (TPSA) is 76.3 Å². The van der Waals surface area contributed by atoms with Crippen molar-refractivity contribution in [1.82, 2.24) is 15.2 Å². The van der Waals surface area contributed by atoms with Crippen LogP contribution in [-0.2, 0) is 6.54 Å². The Hall–Kier alpha value is -2.87. The molecule has 0 fully saturated rings. The van der Waals surface area contributed by atoms with Crippen molar-refractivity contribution >= 4 is 38.8 Å². The average Bonchev–Trinajstić information content (AvgIpc) is 2.67. The molecule has 0 aliphatic carbocycles. The molecule has 1 heterocycles. The first-order valence-electron chi connectivity index (χ1n) is 8.29. The van der Waals surface area contributed by atoms with Crippen LogP contribution in [0.4, 0.5) is 4.39 Å². The van der Waals surface area contributed by atoms with E-state index in [4.69, 9.17) is 0 Å². The number of hydrazone groups is 1. The van der Waals surface area contributed by atoms with Crippen LogP contribution in [0.3, 0.4) is 0 Å². The quantitative estimate of drug-likeness (QED) is 0.497. The number of carbonyl (C=O) groups excluding carboxylic acids is 1. The average molecular weight is 431 g/mol. The zero-order valence-electron chi connectivity index (χ0n) is 14.4. The SMILES string of the molecule is CCCn1nc(C(=O)N/N=C/c2cc(Br)ccc2F)c2ccccc2c1=O. The Morgan fingerprint density at radius 1 is 1.30 bits per heavy atom. The summed E-state index contributed by atoms with van der Waals surface area (Å²) in [6, 6.07) is 11.2. The predicted octanol–water partition coefficient (Wildman–Crippen LogP) is 3.47. The molecule has 0 saturated carbocycles. The van der Waals surface area contributed by atoms with E-state index in [9.17, 15) is 14.0 Å². The summed E-state index contributed by atoms with van der Waals surface area (Å²) in [5.74, 6) is -1.04. The van der Waals surface area contributed by atoms with Crippen LogP contribution in [0.5, 0.6) is 0 Å². The maximum Gasteiger partial charge on any atom is 0.292 e. The monoisotopic (exact) mass is 430 g/mol. The van der Waals surface area contributed by atoms with E-state index in [1.54, 1.807) is 36.4 Å². The van der Waals surface area contributed by atoms with Gasteiger partial charge >= 0.3 is 0 Å². The van der Waals surface area contributed by atoms with Crippen LogP contribution in [0.25, 0.3) is 10.8 Å². The van der Waals surface area contributed by atoms with Crippen LogP contribution in [-0.4, -0.2) is 21.9 Å². The van der Waals surface area contributed by atoms with Gasteiger partial charge in [0.25, 0.3) is 11.5 Å². The Labute approximate surface area is 162 Å². The van der Waals surface area contributed by atoms with Crippen molar-refractivity contribution in [1.29, 1.82) is 0 Å². The molecule has 138 valence electrons. The van der Waals surface area contributed by atoms with Crippen molar-refractivity contribution in [2.45, 2.75) is 19.9 Å². The van der Waals surface area contributed by atoms with Crippen molar-refractivity contribution < 1.29 is 9.18 Å². The lowest BCUT2D eigenvalue weighted by atomic mass is 10.1. The van der Waals surface area contributed by atoms with Crippen molar-refractivity contribution in [2.24, 2.45) is 5.10 Å². The maximum atomic E-state index is 13.7. The molecule has 0 saturated heterocycles. The number of aromatic nitrogens is 2. The molecular formula is C19H16BrFN4O2. The third kappa shape index (κ3) is 4.11. The van der Waals surface area contributed by atoms with Crippen molar-refractivity contribution in [3.63, 3.8) is 0 Å². The summed E-state index contributed by atoms with van der Waals surface area (Å²) in [5.41, 5.74) is 2.41. The Morgan fingerprint density at radius 2 is 2.04 bits per heavy atom. The molecule has 3 aromatic rings. The van der Waals surface area contributed by atoms with Gasteiger partial charge in [0.1, 0.15) is 5.82 Å². The molecule has 1 N–H and O–H groups in total. The largest absolute Gasteiger partial charge is 0.292 e. The molecule has 0 unspecified atom stereocenters. The first-order valence-corrected chi connectivity index (χ1v) is 9.09. The highest BCUT2D eigenvalue weighted by molar-refractivity contribution is 9.10. The van der Waals surface area contributed by atoms with Crippen molar-refractivity contribution in [3.05, 3.63) is 74.4 Å². The molecule has 0 spiro atoms. The second kappa shape index (κ2) is 8.22. The normalized spacial score (nSPS) is 11.2. The standard InChI is InChI=1S/C19H16BrFN4O2/c1-2-9-25-19(27)15-6-4-3-5-14(15)17(24-25)18(26)23-22-11-12-10-13(20)7-8-16(12)21/h3-8,10-11H,2,9H2,1H3,(H,23,26)/b22-11+. The number of aryl methyl sites for hydroxylation is 1. The number of nitrogens with zero attached hydrogens (tertiary/aromatic N) is 3. The highest BCUT2D eigenvalue weighted by atomic mass is 79.9. The minimum absolute atomic E-state index is 0.0884. The second-order valence-corrected chi connectivity index (χ2v) is 6.70. The van der Waals surface area contributed by atoms with E-state index in [0.29, 0.717) is 28.2 Å². The third-order valence-electron chi connectivity index (χ3n) is 3.85. The fourth-order valence-corrected chi connectivity index (χ4v) is 2.97. The van der Waals surface area contributed by atoms with Gasteiger partial charge in [0.05, 0.1) is 11.6 Å². The number of benzene rings is 2. The third-order valence-corrected chi connectivity index (χ3v) is 4.34. The first-order chi connectivity index (χ1) is 13.0. The number of halogens is 2. The number of fused-ring (bicyclic) bond motifs is 1. The lowest BCUT2D eigenvalue weighted by molar-refractivity contribution is 0.0949. The summed E-state index contributed by atoms with van der Waals surface area (Å²) in [6.45, 7) is 2.32. The molecule has 1 aromatic heterocycles. The Morgan fingerprint density at radius 3 is 2.78 bits per heavy atom. The maximum absolute atomic E-state index is 13.7. The van der Waals surface area contributed by atoms with Crippen LogP contribution in [0.15, 0.2) is 56.8 Å². The van der Waals surface area contributed by atoms with Gasteiger partial charge in [0.2, 0.25) is 0 Å². The second-order valence-electron chi connectivity index (χ2n) is 5.79. The smallest absolute Gasteiger partial charge is 0.267 e. The molecule has 6 nitrogen and oxygen atoms in total. The Bertz CT molecular complexity index is 1090. The summed E-state index contributed by atoms with van der Waals surface area (Å²) in [7, 11) is 0. The Kier molecular flexibility index (Phi) is 5.75. The lowest BCUT2D eigenvalue weighted by Gasteiger charge is -2.09. The van der Waals surface area contributed by atoms with Crippen LogP contribution in [0, 0.1) is 5.82 Å². The molecular weight excluding hydrogens is 415 g/mol. The van der Waals surface area contributed by atoms with Crippen LogP contribution in [0.2, 0.25) is 0 Å². The summed E-state index contributed by atoms with van der Waals surface area (Å²) >= 11 is 3.25. The molecule has 0 radical (unpaired) electrons. The highest BCUT2D eigenvalue weighted by Gasteiger charge is 2.16. The van der Waals surface area contributed by atoms with E-state index in [1.807, 2.05) is 6.92 Å². The van der Waals surface area contributed by atoms with Gasteiger partial charge < -0.3 is 0 Å². The molecule has 0 bridgehead atoms. The number of nitrogens with one attached hydrogen (secondary N) is 1. The molecule has 0 aliphatic rings. The lowest BCUT2D eigenvalue weighted by Crippen LogP contribution is -2.29. The van der Waals surface area contributed by atoms with E-state index in [0.717, 1.165) is 0 Å². The number of hydrogen-bond acceptors (Lipinski definition) is 4. The molecule has 1 amide bonds. The zero-order valence-corrected chi connectivity index (χ0v) is 16.0. The zero-order chi connectivity index (χ0) is 19.4. The minimum Gasteiger partial charge on any atom is -0.267 e. The van der Waals surface area contributed by atoms with Crippen LogP contribution in [0.1, 0.15) is 29.4 Å². The molecule has 2 aromatic carbocycles. The Balaban J connectivity index is 1.93. The fraction of sp³-hybridized carbons (Fsp3) is 0.158. The molecule has 8 heteroatoms. The van der Waals surface area contributed by atoms with Gasteiger partial charge in [-0.1, -0.05) is 41.1 Å². The van der Waals surface area contributed by atoms with Gasteiger partial charge in [0.15, 0.2) is 5.69 Å². The fourth-order valence-electron chi connectivity index (χ4n) is 2.59. The molecule has 0 aliphatic heterocycles. The van der Waals surface area contributed by atoms with Gasteiger partial charge in [-0.3, -0.25) is 9.59 Å². The van der Waals surface area contributed by atoms with E-state index in [-0.39, 0.29) is 16.8 Å². The van der Waals surface area contributed by atoms with E-state index in [1.165, 1.54) is 17.0 Å². The first kappa shape index (κ1) is 18.9. The van der Waals surface area contributed by atoms with E-state index in [2.05, 4.69) is 31.6 Å².